The van der Waals surface area contributed by atoms with Gasteiger partial charge in [-0.05, 0) is 50.4 Å². The Morgan fingerprint density at radius 2 is 2.19 bits per heavy atom. The van der Waals surface area contributed by atoms with Crippen molar-refractivity contribution in [2.75, 3.05) is 26.9 Å². The molecule has 3 rings (SSSR count). The van der Waals surface area contributed by atoms with Crippen molar-refractivity contribution in [3.63, 3.8) is 0 Å². The minimum absolute atomic E-state index is 0.165. The number of hydrogen-bond acceptors (Lipinski definition) is 6. The molecule has 2 fully saturated rings. The van der Waals surface area contributed by atoms with Crippen molar-refractivity contribution in [3.05, 3.63) is 11.6 Å². The number of carboxylic acid groups (broad SMARTS) is 1. The van der Waals surface area contributed by atoms with Gasteiger partial charge in [-0.25, -0.2) is 4.79 Å². The van der Waals surface area contributed by atoms with Crippen LogP contribution in [0.5, 0.6) is 0 Å². The summed E-state index contributed by atoms with van der Waals surface area (Å²) in [6.45, 7) is 0.825. The molecule has 0 aromatic rings. The molecule has 1 saturated carbocycles. The van der Waals surface area contributed by atoms with E-state index in [2.05, 4.69) is 6.08 Å². The number of methoxy groups -OCH3 is 1. The number of allylic oxidation sites excluding steroid dienone is 1. The number of carboxylic acids is 1. The van der Waals surface area contributed by atoms with E-state index in [4.69, 9.17) is 24.1 Å². The van der Waals surface area contributed by atoms with Crippen molar-refractivity contribution in [2.45, 2.75) is 50.9 Å². The average molecular weight is 368 g/mol. The van der Waals surface area contributed by atoms with Crippen LogP contribution in [0.15, 0.2) is 11.6 Å². The molecule has 1 heterocycles. The molecule has 3 aliphatic rings. The molecule has 0 radical (unpaired) electrons. The molecule has 1 N–H and O–H groups in total. The molecule has 1 unspecified atom stereocenters. The van der Waals surface area contributed by atoms with E-state index in [1.807, 2.05) is 0 Å². The Morgan fingerprint density at radius 1 is 1.35 bits per heavy atom. The van der Waals surface area contributed by atoms with Crippen molar-refractivity contribution in [3.8, 4) is 0 Å². The largest absolute Gasteiger partial charge is 0.480 e. The molecule has 0 amide bonds. The van der Waals surface area contributed by atoms with Gasteiger partial charge in [0, 0.05) is 6.61 Å². The molecule has 0 aromatic carbocycles. The predicted octanol–water partition coefficient (Wildman–Crippen LogP) is 2.14. The summed E-state index contributed by atoms with van der Waals surface area (Å²) >= 11 is 0. The van der Waals surface area contributed by atoms with Gasteiger partial charge in [0.1, 0.15) is 6.61 Å². The molecule has 1 aliphatic heterocycles. The Labute approximate surface area is 153 Å². The number of fused-ring (bicyclic) bond motifs is 1. The first-order valence-corrected chi connectivity index (χ1v) is 9.42. The number of carbonyl (C=O) groups excluding carboxylic acids is 1. The zero-order valence-electron chi connectivity index (χ0n) is 15.2. The van der Waals surface area contributed by atoms with Gasteiger partial charge in [0.15, 0.2) is 6.29 Å². The molecule has 7 nitrogen and oxygen atoms in total. The summed E-state index contributed by atoms with van der Waals surface area (Å²) in [5.74, 6) is -0.968. The maximum atomic E-state index is 12.4. The summed E-state index contributed by atoms with van der Waals surface area (Å²) in [5.41, 5.74) is 1.23. The summed E-state index contributed by atoms with van der Waals surface area (Å²) in [4.78, 5) is 22.9. The van der Waals surface area contributed by atoms with E-state index in [0.29, 0.717) is 25.6 Å². The van der Waals surface area contributed by atoms with E-state index in [9.17, 15) is 9.59 Å². The first kappa shape index (κ1) is 19.3. The smallest absolute Gasteiger partial charge is 0.329 e. The number of rotatable bonds is 8. The fraction of sp³-hybridized carbons (Fsp3) is 0.789. The van der Waals surface area contributed by atoms with Crippen molar-refractivity contribution in [1.82, 2.24) is 0 Å². The second-order valence-corrected chi connectivity index (χ2v) is 7.31. The molecule has 7 heteroatoms. The molecular formula is C19H28O7. The lowest BCUT2D eigenvalue weighted by Gasteiger charge is -2.29. The Balaban J connectivity index is 1.57. The summed E-state index contributed by atoms with van der Waals surface area (Å²) in [7, 11) is 1.42. The maximum Gasteiger partial charge on any atom is 0.329 e. The van der Waals surface area contributed by atoms with Gasteiger partial charge >= 0.3 is 11.9 Å². The lowest BCUT2D eigenvalue weighted by atomic mass is 9.89. The van der Waals surface area contributed by atoms with E-state index in [0.717, 1.165) is 32.1 Å². The molecule has 2 aliphatic carbocycles. The predicted molar refractivity (Wildman–Crippen MR) is 91.3 cm³/mol. The molecule has 0 aromatic heterocycles. The van der Waals surface area contributed by atoms with Crippen LogP contribution >= 0.6 is 0 Å². The average Bonchev–Trinajstić information content (AvgIpc) is 3.15. The zero-order chi connectivity index (χ0) is 18.5. The molecule has 26 heavy (non-hydrogen) atoms. The van der Waals surface area contributed by atoms with Crippen molar-refractivity contribution in [1.29, 1.82) is 0 Å². The summed E-state index contributed by atoms with van der Waals surface area (Å²) in [5, 5.41) is 8.61. The first-order valence-electron chi connectivity index (χ1n) is 9.42. The highest BCUT2D eigenvalue weighted by Gasteiger charge is 2.50. The number of aliphatic carboxylic acids is 1. The topological polar surface area (TPSA) is 91.3 Å². The Morgan fingerprint density at radius 3 is 2.88 bits per heavy atom. The highest BCUT2D eigenvalue weighted by molar-refractivity contribution is 5.74. The van der Waals surface area contributed by atoms with Gasteiger partial charge in [0.25, 0.3) is 0 Å². The minimum Gasteiger partial charge on any atom is -0.480 e. The van der Waals surface area contributed by atoms with E-state index in [-0.39, 0.29) is 36.8 Å². The van der Waals surface area contributed by atoms with Crippen molar-refractivity contribution < 1.29 is 33.6 Å². The number of hydrogen-bond donors (Lipinski definition) is 1. The van der Waals surface area contributed by atoms with Gasteiger partial charge in [0.2, 0.25) is 0 Å². The standard InChI is InChI=1S/C19H28O7/c1-23-19(22)18-14-9-12(5-7-24-11-16(20)21)8-13(14)10-15(18)26-17-4-2-3-6-25-17/h8,13-15,17-18H,2-7,9-11H2,1H3,(H,20,21)/t13-,14-,15-,17?,18-/m1/s1. The van der Waals surface area contributed by atoms with E-state index < -0.39 is 5.97 Å². The maximum absolute atomic E-state index is 12.4. The van der Waals surface area contributed by atoms with Crippen LogP contribution in [-0.2, 0) is 28.5 Å². The fourth-order valence-electron chi connectivity index (χ4n) is 4.44. The van der Waals surface area contributed by atoms with Gasteiger partial charge in [-0.3, -0.25) is 4.79 Å². The monoisotopic (exact) mass is 368 g/mol. The van der Waals surface area contributed by atoms with Gasteiger partial charge < -0.3 is 24.1 Å². The van der Waals surface area contributed by atoms with Crippen LogP contribution in [0.4, 0.5) is 0 Å². The zero-order valence-corrected chi connectivity index (χ0v) is 15.2. The fourth-order valence-corrected chi connectivity index (χ4v) is 4.44. The minimum atomic E-state index is -0.960. The molecule has 0 spiro atoms. The summed E-state index contributed by atoms with van der Waals surface area (Å²) < 4.78 is 22.0. The Hall–Kier alpha value is -1.44. The van der Waals surface area contributed by atoms with Crippen LogP contribution in [-0.4, -0.2) is 56.4 Å². The highest BCUT2D eigenvalue weighted by Crippen LogP contribution is 2.49. The Kier molecular flexibility index (Phi) is 6.67. The van der Waals surface area contributed by atoms with Gasteiger partial charge in [-0.1, -0.05) is 11.6 Å². The Bertz CT molecular complexity index is 538. The van der Waals surface area contributed by atoms with Crippen LogP contribution in [0.25, 0.3) is 0 Å². The lowest BCUT2D eigenvalue weighted by Crippen LogP contribution is -2.35. The normalized spacial score (nSPS) is 33.6. The number of esters is 1. The lowest BCUT2D eigenvalue weighted by molar-refractivity contribution is -0.200. The molecule has 5 atom stereocenters. The van der Waals surface area contributed by atoms with Crippen LogP contribution in [0, 0.1) is 17.8 Å². The van der Waals surface area contributed by atoms with Crippen LogP contribution in [0.1, 0.15) is 38.5 Å². The van der Waals surface area contributed by atoms with Gasteiger partial charge in [0.05, 0.1) is 25.7 Å². The number of ether oxygens (including phenoxy) is 4. The molecule has 1 saturated heterocycles. The first-order chi connectivity index (χ1) is 12.6. The summed E-state index contributed by atoms with van der Waals surface area (Å²) in [6.07, 6.45) is 7.17. The van der Waals surface area contributed by atoms with Gasteiger partial charge in [-0.2, -0.15) is 0 Å². The highest BCUT2D eigenvalue weighted by atomic mass is 16.7. The molecule has 146 valence electrons. The third kappa shape index (κ3) is 4.64. The third-order valence-electron chi connectivity index (χ3n) is 5.59. The quantitative estimate of drug-likeness (QED) is 0.399. The van der Waals surface area contributed by atoms with Crippen LogP contribution in [0.2, 0.25) is 0 Å². The second-order valence-electron chi connectivity index (χ2n) is 7.31. The van der Waals surface area contributed by atoms with Crippen molar-refractivity contribution >= 4 is 11.9 Å². The third-order valence-corrected chi connectivity index (χ3v) is 5.59. The van der Waals surface area contributed by atoms with Crippen LogP contribution in [0.3, 0.4) is 0 Å². The second kappa shape index (κ2) is 8.97. The van der Waals surface area contributed by atoms with E-state index >= 15 is 0 Å². The SMILES string of the molecule is COC(=O)[C@@H]1[C@@H]2CC(CCOCC(=O)O)=C[C@@H]2C[C@H]1OC1CCCCO1. The van der Waals surface area contributed by atoms with E-state index in [1.54, 1.807) is 0 Å². The molecule has 0 bridgehead atoms. The molecular weight excluding hydrogens is 340 g/mol. The van der Waals surface area contributed by atoms with Gasteiger partial charge in [-0.15, -0.1) is 0 Å². The van der Waals surface area contributed by atoms with Crippen LogP contribution < -0.4 is 0 Å². The summed E-state index contributed by atoms with van der Waals surface area (Å²) in [6, 6.07) is 0. The van der Waals surface area contributed by atoms with Crippen molar-refractivity contribution in [2.24, 2.45) is 17.8 Å². The van der Waals surface area contributed by atoms with E-state index in [1.165, 1.54) is 12.7 Å². The number of carbonyl (C=O) groups is 2.